The van der Waals surface area contributed by atoms with Gasteiger partial charge in [0.2, 0.25) is 0 Å². The molecule has 0 radical (unpaired) electrons. The molecule has 0 aromatic carbocycles. The van der Waals surface area contributed by atoms with Gasteiger partial charge in [0.05, 0.1) is 9.90 Å². The van der Waals surface area contributed by atoms with Gasteiger partial charge in [0, 0.05) is 11.9 Å². The summed E-state index contributed by atoms with van der Waals surface area (Å²) in [6.07, 6.45) is 2.01. The van der Waals surface area contributed by atoms with E-state index in [0.29, 0.717) is 20.8 Å². The van der Waals surface area contributed by atoms with Crippen LogP contribution in [0.1, 0.15) is 37.0 Å². The van der Waals surface area contributed by atoms with Crippen molar-refractivity contribution in [1.82, 2.24) is 5.32 Å². The number of hydrogen-bond donors (Lipinski definition) is 1. The van der Waals surface area contributed by atoms with Crippen molar-refractivity contribution in [3.05, 3.63) is 20.3 Å². The molecule has 0 spiro atoms. The maximum Gasteiger partial charge on any atom is 0.253 e. The van der Waals surface area contributed by atoms with Gasteiger partial charge in [-0.25, -0.2) is 0 Å². The van der Waals surface area contributed by atoms with E-state index < -0.39 is 0 Å². The van der Waals surface area contributed by atoms with Crippen LogP contribution >= 0.6 is 50.5 Å². The largest absolute Gasteiger partial charge is 0.351 e. The fourth-order valence-corrected chi connectivity index (χ4v) is 4.04. The van der Waals surface area contributed by atoms with Gasteiger partial charge in [-0.3, -0.25) is 4.79 Å². The van der Waals surface area contributed by atoms with Gasteiger partial charge in [0.25, 0.3) is 5.91 Å². The molecule has 0 fully saturated rings. The number of amides is 1. The summed E-state index contributed by atoms with van der Waals surface area (Å²) in [6, 6.07) is 1.61. The lowest BCUT2D eigenvalue weighted by molar-refractivity contribution is 0.0933. The van der Waals surface area contributed by atoms with Crippen LogP contribution in [0.2, 0.25) is 8.67 Å². The van der Waals surface area contributed by atoms with Crippen molar-refractivity contribution in [2.45, 2.75) is 26.7 Å². The first-order chi connectivity index (χ1) is 8.48. The monoisotopic (exact) mass is 371 g/mol. The Kier molecular flexibility index (Phi) is 6.45. The number of nitrogens with one attached hydrogen (secondary N) is 1. The van der Waals surface area contributed by atoms with Crippen molar-refractivity contribution in [3.63, 3.8) is 0 Å². The molecular formula is C12H16BrCl2NOS. The Hall–Kier alpha value is 0.230. The highest BCUT2D eigenvalue weighted by Gasteiger charge is 2.26. The molecule has 0 aliphatic carbocycles. The fourth-order valence-electron chi connectivity index (χ4n) is 1.59. The zero-order valence-electron chi connectivity index (χ0n) is 10.4. The molecule has 0 bridgehead atoms. The number of alkyl halides is 1. The van der Waals surface area contributed by atoms with Crippen LogP contribution in [0, 0.1) is 5.41 Å². The lowest BCUT2D eigenvalue weighted by Crippen LogP contribution is -2.38. The van der Waals surface area contributed by atoms with Crippen molar-refractivity contribution < 1.29 is 4.79 Å². The minimum atomic E-state index is -0.157. The normalized spacial score (nSPS) is 11.6. The van der Waals surface area contributed by atoms with Gasteiger partial charge < -0.3 is 5.32 Å². The Balaban J connectivity index is 2.69. The summed E-state index contributed by atoms with van der Waals surface area (Å²) in [6.45, 7) is 4.89. The Morgan fingerprint density at radius 3 is 2.44 bits per heavy atom. The molecule has 0 aliphatic rings. The highest BCUT2D eigenvalue weighted by atomic mass is 79.9. The first kappa shape index (κ1) is 16.3. The highest BCUT2D eigenvalue weighted by molar-refractivity contribution is 9.09. The van der Waals surface area contributed by atoms with E-state index >= 15 is 0 Å². The second kappa shape index (κ2) is 7.13. The number of halogens is 3. The summed E-state index contributed by atoms with van der Waals surface area (Å²) < 4.78 is 0.970. The molecule has 1 rings (SSSR count). The molecule has 0 saturated carbocycles. The van der Waals surface area contributed by atoms with E-state index in [0.717, 1.165) is 18.2 Å². The zero-order chi connectivity index (χ0) is 13.8. The van der Waals surface area contributed by atoms with Gasteiger partial charge in [0.15, 0.2) is 0 Å². The second-order valence-electron chi connectivity index (χ2n) is 4.26. The van der Waals surface area contributed by atoms with E-state index in [1.807, 2.05) is 0 Å². The molecule has 0 aliphatic heterocycles. The van der Waals surface area contributed by atoms with Gasteiger partial charge in [-0.05, 0) is 24.3 Å². The third-order valence-electron chi connectivity index (χ3n) is 3.31. The molecule has 0 atom stereocenters. The summed E-state index contributed by atoms with van der Waals surface area (Å²) in [5.41, 5.74) is 0.560. The molecule has 1 heterocycles. The fraction of sp³-hybridized carbons (Fsp3) is 0.583. The Labute approximate surface area is 130 Å². The first-order valence-electron chi connectivity index (χ1n) is 5.77. The van der Waals surface area contributed by atoms with Gasteiger partial charge in [-0.15, -0.1) is 11.3 Å². The highest BCUT2D eigenvalue weighted by Crippen LogP contribution is 2.32. The van der Waals surface area contributed by atoms with Gasteiger partial charge in [0.1, 0.15) is 4.34 Å². The molecule has 0 unspecified atom stereocenters. The predicted molar refractivity (Wildman–Crippen MR) is 83.5 cm³/mol. The average Bonchev–Trinajstić information content (AvgIpc) is 2.70. The summed E-state index contributed by atoms with van der Waals surface area (Å²) in [4.78, 5) is 12.0. The topological polar surface area (TPSA) is 29.1 Å². The molecule has 1 aromatic heterocycles. The lowest BCUT2D eigenvalue weighted by Gasteiger charge is -2.29. The summed E-state index contributed by atoms with van der Waals surface area (Å²) in [5, 5.41) is 3.81. The standard InChI is InChI=1S/C12H16BrCl2NOS/c1-3-12(4-2,6-13)7-16-11(17)8-5-9(14)18-10(8)15/h5H,3-4,6-7H2,1-2H3,(H,16,17). The lowest BCUT2D eigenvalue weighted by atomic mass is 9.84. The maximum atomic E-state index is 12.0. The van der Waals surface area contributed by atoms with E-state index in [9.17, 15) is 4.79 Å². The number of carbonyl (C=O) groups excluding carboxylic acids is 1. The number of hydrogen-bond acceptors (Lipinski definition) is 2. The second-order valence-corrected chi connectivity index (χ2v) is 7.11. The molecule has 0 saturated heterocycles. The minimum absolute atomic E-state index is 0.0992. The number of carbonyl (C=O) groups is 1. The van der Waals surface area contributed by atoms with E-state index in [-0.39, 0.29) is 11.3 Å². The van der Waals surface area contributed by atoms with Crippen LogP contribution in [-0.2, 0) is 0 Å². The first-order valence-corrected chi connectivity index (χ1v) is 8.46. The molecule has 1 aromatic rings. The van der Waals surface area contributed by atoms with Crippen LogP contribution < -0.4 is 5.32 Å². The molecule has 102 valence electrons. The number of thiophene rings is 1. The molecule has 1 amide bonds. The molecule has 2 nitrogen and oxygen atoms in total. The van der Waals surface area contributed by atoms with Crippen molar-refractivity contribution >= 4 is 56.4 Å². The Bertz CT molecular complexity index is 410. The van der Waals surface area contributed by atoms with Crippen LogP contribution in [0.4, 0.5) is 0 Å². The van der Waals surface area contributed by atoms with Crippen molar-refractivity contribution in [2.75, 3.05) is 11.9 Å². The van der Waals surface area contributed by atoms with Gasteiger partial charge in [-0.2, -0.15) is 0 Å². The van der Waals surface area contributed by atoms with Crippen molar-refractivity contribution in [3.8, 4) is 0 Å². The van der Waals surface area contributed by atoms with E-state index in [1.54, 1.807) is 6.07 Å². The summed E-state index contributed by atoms with van der Waals surface area (Å²) in [5.74, 6) is -0.157. The van der Waals surface area contributed by atoms with E-state index in [2.05, 4.69) is 35.1 Å². The minimum Gasteiger partial charge on any atom is -0.351 e. The van der Waals surface area contributed by atoms with Gasteiger partial charge in [-0.1, -0.05) is 53.0 Å². The van der Waals surface area contributed by atoms with Crippen LogP contribution in [0.25, 0.3) is 0 Å². The third kappa shape index (κ3) is 3.86. The third-order valence-corrected chi connectivity index (χ3v) is 5.99. The van der Waals surface area contributed by atoms with E-state index in [1.165, 1.54) is 11.3 Å². The quantitative estimate of drug-likeness (QED) is 0.700. The Morgan fingerprint density at radius 2 is 2.06 bits per heavy atom. The molecular weight excluding hydrogens is 357 g/mol. The van der Waals surface area contributed by atoms with Crippen molar-refractivity contribution in [2.24, 2.45) is 5.41 Å². The molecule has 1 N–H and O–H groups in total. The summed E-state index contributed by atoms with van der Waals surface area (Å²) in [7, 11) is 0. The SMILES string of the molecule is CCC(CC)(CBr)CNC(=O)c1cc(Cl)sc1Cl. The predicted octanol–water partition coefficient (Wildman–Crippen LogP) is 4.99. The van der Waals surface area contributed by atoms with E-state index in [4.69, 9.17) is 23.2 Å². The summed E-state index contributed by atoms with van der Waals surface area (Å²) >= 11 is 16.5. The molecule has 18 heavy (non-hydrogen) atoms. The zero-order valence-corrected chi connectivity index (χ0v) is 14.3. The van der Waals surface area contributed by atoms with Gasteiger partial charge >= 0.3 is 0 Å². The van der Waals surface area contributed by atoms with Crippen LogP contribution in [0.15, 0.2) is 6.07 Å². The maximum absolute atomic E-state index is 12.0. The van der Waals surface area contributed by atoms with Crippen molar-refractivity contribution in [1.29, 1.82) is 0 Å². The van der Waals surface area contributed by atoms with Crippen LogP contribution in [0.5, 0.6) is 0 Å². The smallest absolute Gasteiger partial charge is 0.253 e. The molecule has 6 heteroatoms. The van der Waals surface area contributed by atoms with Crippen LogP contribution in [0.3, 0.4) is 0 Å². The number of rotatable bonds is 6. The Morgan fingerprint density at radius 1 is 1.44 bits per heavy atom. The van der Waals surface area contributed by atoms with Crippen LogP contribution in [-0.4, -0.2) is 17.8 Å². The average molecular weight is 373 g/mol.